The first-order valence-electron chi connectivity index (χ1n) is 9.57. The molecule has 0 heterocycles. The Morgan fingerprint density at radius 1 is 0.667 bits per heavy atom. The van der Waals surface area contributed by atoms with E-state index in [1.165, 1.54) is 5.92 Å². The van der Waals surface area contributed by atoms with Gasteiger partial charge in [0.05, 0.1) is 0 Å². The summed E-state index contributed by atoms with van der Waals surface area (Å²) in [4.78, 5) is 0. The monoisotopic (exact) mass is 416 g/mol. The smallest absolute Gasteiger partial charge is 0.116 e. The molecule has 0 aliphatic heterocycles. The average Bonchev–Trinajstić information content (AvgIpc) is 2.64. The topological polar surface area (TPSA) is 9.23 Å². The van der Waals surface area contributed by atoms with Crippen molar-refractivity contribution in [2.24, 2.45) is 0 Å². The Labute approximate surface area is 181 Å². The molecule has 0 spiro atoms. The molecule has 0 aliphatic carbocycles. The van der Waals surface area contributed by atoms with Crippen LogP contribution in [0.4, 0.5) is 0 Å². The summed E-state index contributed by atoms with van der Waals surface area (Å²) in [6, 6.07) is 9.91. The molecule has 0 N–H and O–H groups in total. The Balaban J connectivity index is -0.0000000634. The Kier molecular flexibility index (Phi) is 56.4. The molecule has 0 amide bonds. The third kappa shape index (κ3) is 27.0. The standard InChI is InChI=1S/C12H17O.5C2H6.Y/c1-10(2)12(3,4)13-11-8-6-5-7-9-11;5*1-2;/h5-9H,1-4H3;5*1-2H3;/q-1;;;;;;. The van der Waals surface area contributed by atoms with Crippen LogP contribution in [0, 0.1) is 5.92 Å². The van der Waals surface area contributed by atoms with E-state index in [9.17, 15) is 0 Å². The maximum Gasteiger partial charge on any atom is 0.116 e. The third-order valence-electron chi connectivity index (χ3n) is 2.32. The van der Waals surface area contributed by atoms with Gasteiger partial charge in [0.1, 0.15) is 5.75 Å². The second-order valence-electron chi connectivity index (χ2n) is 3.93. The molecule has 0 saturated heterocycles. The summed E-state index contributed by atoms with van der Waals surface area (Å²) in [5.74, 6) is 2.20. The molecule has 0 saturated carbocycles. The van der Waals surface area contributed by atoms with Gasteiger partial charge in [-0.25, -0.2) is 0 Å². The van der Waals surface area contributed by atoms with Gasteiger partial charge in [0, 0.05) is 32.7 Å². The number of rotatable bonds is 3. The van der Waals surface area contributed by atoms with Crippen LogP contribution in [0.15, 0.2) is 30.3 Å². The fourth-order valence-corrected chi connectivity index (χ4v) is 0.885. The predicted octanol–water partition coefficient (Wildman–Crippen LogP) is 8.59. The van der Waals surface area contributed by atoms with Gasteiger partial charge >= 0.3 is 0 Å². The molecular weight excluding hydrogens is 369 g/mol. The summed E-state index contributed by atoms with van der Waals surface area (Å²) in [5, 5.41) is 0. The van der Waals surface area contributed by atoms with E-state index in [0.29, 0.717) is 0 Å². The zero-order chi connectivity index (χ0) is 19.9. The number of hydrogen-bond acceptors (Lipinski definition) is 1. The molecule has 0 bridgehead atoms. The van der Waals surface area contributed by atoms with Gasteiger partial charge in [-0.05, 0) is 17.7 Å². The molecule has 1 nitrogen and oxygen atoms in total. The van der Waals surface area contributed by atoms with Crippen molar-refractivity contribution >= 4 is 0 Å². The van der Waals surface area contributed by atoms with Crippen LogP contribution in [0.1, 0.15) is 96.9 Å². The Hall–Kier alpha value is 0.124. The maximum absolute atomic E-state index is 5.83. The van der Waals surface area contributed by atoms with Gasteiger partial charge in [0.25, 0.3) is 0 Å². The number of benzene rings is 1. The summed E-state index contributed by atoms with van der Waals surface area (Å²) >= 11 is 0. The van der Waals surface area contributed by atoms with E-state index in [2.05, 4.69) is 27.7 Å². The first-order valence-corrected chi connectivity index (χ1v) is 9.57. The third-order valence-corrected chi connectivity index (χ3v) is 2.32. The van der Waals surface area contributed by atoms with Crippen LogP contribution in [-0.2, 0) is 32.7 Å². The van der Waals surface area contributed by atoms with E-state index in [1.807, 2.05) is 99.6 Å². The molecule has 0 aliphatic rings. The number of para-hydroxylation sites is 1. The molecule has 1 radical (unpaired) electrons. The fraction of sp³-hybridized carbons (Fsp3) is 0.682. The minimum Gasteiger partial charge on any atom is -0.519 e. The van der Waals surface area contributed by atoms with E-state index in [-0.39, 0.29) is 38.3 Å². The Morgan fingerprint density at radius 2 is 0.958 bits per heavy atom. The Bertz CT molecular complexity index is 256. The molecule has 0 atom stereocenters. The van der Waals surface area contributed by atoms with Gasteiger partial charge in [0.15, 0.2) is 0 Å². The molecule has 0 fully saturated rings. The van der Waals surface area contributed by atoms with Crippen molar-refractivity contribution in [2.75, 3.05) is 0 Å². The van der Waals surface area contributed by atoms with Gasteiger partial charge in [-0.1, -0.05) is 101 Å². The molecule has 24 heavy (non-hydrogen) atoms. The average molecular weight is 417 g/mol. The summed E-state index contributed by atoms with van der Waals surface area (Å²) in [7, 11) is 0. The SMILES string of the molecule is CC.CC.CC.CC.CC.C[C-](C)C(C)(C)Oc1ccccc1.[Y]. The summed E-state index contributed by atoms with van der Waals surface area (Å²) < 4.78 is 5.83. The first-order chi connectivity index (χ1) is 11.0. The molecule has 1 aromatic rings. The second kappa shape index (κ2) is 34.5. The minimum atomic E-state index is -0.179. The van der Waals surface area contributed by atoms with Crippen LogP contribution in [0.3, 0.4) is 0 Å². The van der Waals surface area contributed by atoms with Gasteiger partial charge in [-0.2, -0.15) is 13.8 Å². The van der Waals surface area contributed by atoms with E-state index >= 15 is 0 Å². The van der Waals surface area contributed by atoms with Crippen LogP contribution < -0.4 is 4.74 Å². The molecular formula is C22H47OY-. The van der Waals surface area contributed by atoms with Gasteiger partial charge in [0.2, 0.25) is 0 Å². The van der Waals surface area contributed by atoms with Crippen LogP contribution >= 0.6 is 0 Å². The predicted molar refractivity (Wildman–Crippen MR) is 112 cm³/mol. The van der Waals surface area contributed by atoms with Crippen molar-refractivity contribution in [3.05, 3.63) is 36.2 Å². The van der Waals surface area contributed by atoms with Crippen molar-refractivity contribution < 1.29 is 37.4 Å². The van der Waals surface area contributed by atoms with Crippen molar-refractivity contribution in [1.82, 2.24) is 0 Å². The molecule has 1 rings (SSSR count). The van der Waals surface area contributed by atoms with Gasteiger partial charge < -0.3 is 4.74 Å². The fourth-order valence-electron chi connectivity index (χ4n) is 0.885. The second-order valence-corrected chi connectivity index (χ2v) is 3.93. The summed E-state index contributed by atoms with van der Waals surface area (Å²) in [6.45, 7) is 28.3. The van der Waals surface area contributed by atoms with Crippen LogP contribution in [0.25, 0.3) is 0 Å². The zero-order valence-corrected chi connectivity index (χ0v) is 22.2. The maximum atomic E-state index is 5.83. The van der Waals surface area contributed by atoms with Crippen molar-refractivity contribution in [3.63, 3.8) is 0 Å². The van der Waals surface area contributed by atoms with Crippen molar-refractivity contribution in [1.29, 1.82) is 0 Å². The quantitative estimate of drug-likeness (QED) is 0.448. The van der Waals surface area contributed by atoms with Gasteiger partial charge in [-0.3, -0.25) is 5.92 Å². The molecule has 2 heteroatoms. The van der Waals surface area contributed by atoms with Crippen LogP contribution in [0.2, 0.25) is 0 Å². The number of hydrogen-bond donors (Lipinski definition) is 0. The summed E-state index contributed by atoms with van der Waals surface area (Å²) in [6.07, 6.45) is 0. The largest absolute Gasteiger partial charge is 0.519 e. The normalized spacial score (nSPS) is 7.62. The molecule has 0 aromatic heterocycles. The van der Waals surface area contributed by atoms with Crippen molar-refractivity contribution in [3.8, 4) is 5.75 Å². The van der Waals surface area contributed by atoms with Crippen LogP contribution in [0.5, 0.6) is 5.75 Å². The van der Waals surface area contributed by atoms with E-state index < -0.39 is 0 Å². The van der Waals surface area contributed by atoms with Gasteiger partial charge in [-0.15, -0.1) is 0 Å². The van der Waals surface area contributed by atoms with E-state index in [4.69, 9.17) is 4.74 Å². The molecule has 145 valence electrons. The minimum absolute atomic E-state index is 0. The zero-order valence-electron chi connectivity index (χ0n) is 19.4. The van der Waals surface area contributed by atoms with Crippen LogP contribution in [-0.4, -0.2) is 5.60 Å². The van der Waals surface area contributed by atoms with E-state index in [1.54, 1.807) is 0 Å². The molecule has 1 aromatic carbocycles. The first kappa shape index (κ1) is 39.3. The van der Waals surface area contributed by atoms with Crippen molar-refractivity contribution in [2.45, 2.75) is 103 Å². The summed E-state index contributed by atoms with van der Waals surface area (Å²) in [5.41, 5.74) is -0.179. The number of ether oxygens (including phenoxy) is 1. The molecule has 0 unspecified atom stereocenters. The van der Waals surface area contributed by atoms with E-state index in [0.717, 1.165) is 5.75 Å². The Morgan fingerprint density at radius 3 is 1.21 bits per heavy atom.